The van der Waals surface area contributed by atoms with Crippen LogP contribution in [0.1, 0.15) is 38.5 Å². The summed E-state index contributed by atoms with van der Waals surface area (Å²) in [5, 5.41) is 0. The Labute approximate surface area is 99.0 Å². The molecule has 3 heterocycles. The van der Waals surface area contributed by atoms with E-state index >= 15 is 0 Å². The molecule has 3 rings (SSSR count). The summed E-state index contributed by atoms with van der Waals surface area (Å²) < 4.78 is 0. The van der Waals surface area contributed by atoms with Crippen LogP contribution >= 0.6 is 0 Å². The van der Waals surface area contributed by atoms with E-state index < -0.39 is 0 Å². The lowest BCUT2D eigenvalue weighted by Crippen LogP contribution is -2.61. The van der Waals surface area contributed by atoms with Gasteiger partial charge < -0.3 is 5.73 Å². The minimum Gasteiger partial charge on any atom is -0.329 e. The summed E-state index contributed by atoms with van der Waals surface area (Å²) in [6.07, 6.45) is 8.27. The molecule has 0 bridgehead atoms. The van der Waals surface area contributed by atoms with E-state index in [1.807, 2.05) is 0 Å². The lowest BCUT2D eigenvalue weighted by molar-refractivity contribution is 0.0480. The van der Waals surface area contributed by atoms with E-state index in [0.29, 0.717) is 5.54 Å². The van der Waals surface area contributed by atoms with Crippen LogP contribution < -0.4 is 5.73 Å². The van der Waals surface area contributed by atoms with Crippen LogP contribution in [-0.2, 0) is 0 Å². The van der Waals surface area contributed by atoms with Crippen LogP contribution in [0, 0.1) is 0 Å². The number of rotatable bonds is 2. The van der Waals surface area contributed by atoms with E-state index in [-0.39, 0.29) is 0 Å². The highest BCUT2D eigenvalue weighted by molar-refractivity contribution is 5.10. The Bertz CT molecular complexity index is 250. The van der Waals surface area contributed by atoms with Crippen molar-refractivity contribution >= 4 is 0 Å². The van der Waals surface area contributed by atoms with Crippen molar-refractivity contribution in [1.82, 2.24) is 9.80 Å². The van der Waals surface area contributed by atoms with Gasteiger partial charge in [0.1, 0.15) is 0 Å². The maximum absolute atomic E-state index is 6.19. The van der Waals surface area contributed by atoms with Gasteiger partial charge in [-0.1, -0.05) is 6.42 Å². The summed E-state index contributed by atoms with van der Waals surface area (Å²) >= 11 is 0. The molecule has 0 spiro atoms. The predicted molar refractivity (Wildman–Crippen MR) is 66.4 cm³/mol. The largest absolute Gasteiger partial charge is 0.329 e. The average molecular weight is 223 g/mol. The first-order valence-electron chi connectivity index (χ1n) is 7.06. The van der Waals surface area contributed by atoms with E-state index in [2.05, 4.69) is 9.80 Å². The molecule has 0 aromatic rings. The van der Waals surface area contributed by atoms with Gasteiger partial charge in [0.25, 0.3) is 0 Å². The van der Waals surface area contributed by atoms with Crippen LogP contribution in [0.15, 0.2) is 0 Å². The molecule has 0 amide bonds. The fraction of sp³-hybridized carbons (Fsp3) is 1.00. The maximum Gasteiger partial charge on any atom is 0.0498 e. The quantitative estimate of drug-likeness (QED) is 0.759. The molecule has 0 aromatic carbocycles. The Morgan fingerprint density at radius 2 is 1.81 bits per heavy atom. The highest BCUT2D eigenvalue weighted by atomic mass is 15.3. The molecule has 2 atom stereocenters. The Kier molecular flexibility index (Phi) is 2.94. The lowest BCUT2D eigenvalue weighted by atomic mass is 9.85. The Morgan fingerprint density at radius 1 is 1.00 bits per heavy atom. The van der Waals surface area contributed by atoms with Crippen molar-refractivity contribution in [2.45, 2.75) is 50.1 Å². The van der Waals surface area contributed by atoms with E-state index in [4.69, 9.17) is 5.73 Å². The van der Waals surface area contributed by atoms with Gasteiger partial charge in [0.15, 0.2) is 0 Å². The summed E-state index contributed by atoms with van der Waals surface area (Å²) in [5.74, 6) is 0. The minimum absolute atomic E-state index is 0.344. The van der Waals surface area contributed by atoms with Crippen LogP contribution in [-0.4, -0.2) is 54.1 Å². The minimum atomic E-state index is 0.344. The fourth-order valence-corrected chi connectivity index (χ4v) is 4.28. The smallest absolute Gasteiger partial charge is 0.0498 e. The SMILES string of the molecule is NCC1(N2CCCCC2)CCN2CCCC21. The van der Waals surface area contributed by atoms with Gasteiger partial charge in [-0.15, -0.1) is 0 Å². The highest BCUT2D eigenvalue weighted by Gasteiger charge is 2.51. The van der Waals surface area contributed by atoms with Crippen molar-refractivity contribution in [2.24, 2.45) is 5.73 Å². The molecule has 16 heavy (non-hydrogen) atoms. The zero-order valence-corrected chi connectivity index (χ0v) is 10.3. The van der Waals surface area contributed by atoms with Crippen LogP contribution in [0.3, 0.4) is 0 Å². The van der Waals surface area contributed by atoms with Crippen LogP contribution in [0.2, 0.25) is 0 Å². The summed E-state index contributed by atoms with van der Waals surface area (Å²) in [7, 11) is 0. The Hall–Kier alpha value is -0.120. The molecule has 3 aliphatic rings. The van der Waals surface area contributed by atoms with Crippen molar-refractivity contribution in [1.29, 1.82) is 0 Å². The first-order valence-corrected chi connectivity index (χ1v) is 7.06. The number of fused-ring (bicyclic) bond motifs is 1. The molecule has 0 saturated carbocycles. The summed E-state index contributed by atoms with van der Waals surface area (Å²) in [5.41, 5.74) is 6.53. The molecule has 0 aliphatic carbocycles. The summed E-state index contributed by atoms with van der Waals surface area (Å²) in [6.45, 7) is 6.07. The molecule has 3 nitrogen and oxygen atoms in total. The van der Waals surface area contributed by atoms with Gasteiger partial charge in [-0.25, -0.2) is 0 Å². The topological polar surface area (TPSA) is 32.5 Å². The molecular weight excluding hydrogens is 198 g/mol. The first kappa shape index (κ1) is 11.0. The molecule has 0 radical (unpaired) electrons. The average Bonchev–Trinajstić information content (AvgIpc) is 2.92. The monoisotopic (exact) mass is 223 g/mol. The summed E-state index contributed by atoms with van der Waals surface area (Å²) in [4.78, 5) is 5.44. The number of hydrogen-bond donors (Lipinski definition) is 1. The van der Waals surface area contributed by atoms with Gasteiger partial charge in [0.05, 0.1) is 0 Å². The fourth-order valence-electron chi connectivity index (χ4n) is 4.28. The molecular formula is C13H25N3. The maximum atomic E-state index is 6.19. The number of nitrogens with zero attached hydrogens (tertiary/aromatic N) is 2. The third-order valence-corrected chi connectivity index (χ3v) is 5.16. The second-order valence-electron chi connectivity index (χ2n) is 5.80. The number of piperidine rings is 1. The van der Waals surface area contributed by atoms with Crippen molar-refractivity contribution in [2.75, 3.05) is 32.7 Å². The molecule has 0 aromatic heterocycles. The molecule has 3 saturated heterocycles. The normalized spacial score (nSPS) is 41.4. The van der Waals surface area contributed by atoms with Gasteiger partial charge in [0, 0.05) is 24.7 Å². The first-order chi connectivity index (χ1) is 7.87. The molecule has 92 valence electrons. The van der Waals surface area contributed by atoms with Crippen LogP contribution in [0.4, 0.5) is 0 Å². The van der Waals surface area contributed by atoms with Crippen molar-refractivity contribution in [3.63, 3.8) is 0 Å². The van der Waals surface area contributed by atoms with Gasteiger partial charge in [-0.3, -0.25) is 9.80 Å². The van der Waals surface area contributed by atoms with Gasteiger partial charge in [0.2, 0.25) is 0 Å². The Morgan fingerprint density at radius 3 is 2.56 bits per heavy atom. The van der Waals surface area contributed by atoms with E-state index in [9.17, 15) is 0 Å². The van der Waals surface area contributed by atoms with E-state index in [1.165, 1.54) is 64.7 Å². The molecule has 3 heteroatoms. The van der Waals surface area contributed by atoms with Crippen LogP contribution in [0.5, 0.6) is 0 Å². The standard InChI is InChI=1S/C13H25N3/c14-11-13(16-8-2-1-3-9-16)6-10-15-7-4-5-12(13)15/h12H,1-11,14H2. The molecule has 2 N–H and O–H groups in total. The van der Waals surface area contributed by atoms with E-state index in [0.717, 1.165) is 12.6 Å². The van der Waals surface area contributed by atoms with Gasteiger partial charge >= 0.3 is 0 Å². The van der Waals surface area contributed by atoms with Crippen LogP contribution in [0.25, 0.3) is 0 Å². The zero-order chi connectivity index (χ0) is 11.0. The second kappa shape index (κ2) is 4.28. The molecule has 2 unspecified atom stereocenters. The highest BCUT2D eigenvalue weighted by Crippen LogP contribution is 2.40. The Balaban J connectivity index is 1.81. The van der Waals surface area contributed by atoms with Crippen molar-refractivity contribution < 1.29 is 0 Å². The summed E-state index contributed by atoms with van der Waals surface area (Å²) in [6, 6.07) is 0.774. The molecule has 3 aliphatic heterocycles. The predicted octanol–water partition coefficient (Wildman–Crippen LogP) is 1.04. The van der Waals surface area contributed by atoms with Gasteiger partial charge in [-0.2, -0.15) is 0 Å². The zero-order valence-electron chi connectivity index (χ0n) is 10.3. The second-order valence-corrected chi connectivity index (χ2v) is 5.80. The molecule has 3 fully saturated rings. The van der Waals surface area contributed by atoms with Crippen molar-refractivity contribution in [3.8, 4) is 0 Å². The third kappa shape index (κ3) is 1.52. The lowest BCUT2D eigenvalue weighted by Gasteiger charge is -2.46. The van der Waals surface area contributed by atoms with Crippen molar-refractivity contribution in [3.05, 3.63) is 0 Å². The third-order valence-electron chi connectivity index (χ3n) is 5.16. The number of hydrogen-bond acceptors (Lipinski definition) is 3. The van der Waals surface area contributed by atoms with Gasteiger partial charge in [-0.05, 0) is 51.7 Å². The number of likely N-dealkylation sites (tertiary alicyclic amines) is 1. The number of nitrogens with two attached hydrogens (primary N) is 1. The van der Waals surface area contributed by atoms with E-state index in [1.54, 1.807) is 0 Å².